The monoisotopic (exact) mass is 358 g/mol. The van der Waals surface area contributed by atoms with E-state index >= 15 is 0 Å². The predicted octanol–water partition coefficient (Wildman–Crippen LogP) is 3.76. The van der Waals surface area contributed by atoms with E-state index in [4.69, 9.17) is 5.21 Å². The molecule has 0 aliphatic rings. The van der Waals surface area contributed by atoms with Gasteiger partial charge in [-0.2, -0.15) is 4.31 Å². The third-order valence-corrected chi connectivity index (χ3v) is 5.78. The summed E-state index contributed by atoms with van der Waals surface area (Å²) in [4.78, 5) is 0.203. The summed E-state index contributed by atoms with van der Waals surface area (Å²) in [6.07, 6.45) is 3.30. The highest BCUT2D eigenvalue weighted by Gasteiger charge is 2.31. The largest absolute Gasteiger partial charge is 0.411 e. The third kappa shape index (κ3) is 4.55. The zero-order valence-electron chi connectivity index (χ0n) is 14.1. The summed E-state index contributed by atoms with van der Waals surface area (Å²) in [7, 11) is -3.78. The van der Waals surface area contributed by atoms with E-state index in [9.17, 15) is 8.42 Å². The van der Waals surface area contributed by atoms with E-state index in [0.29, 0.717) is 6.42 Å². The fourth-order valence-electron chi connectivity index (χ4n) is 2.61. The Morgan fingerprint density at radius 2 is 1.80 bits per heavy atom. The summed E-state index contributed by atoms with van der Waals surface area (Å²) in [5, 5.41) is 11.8. The highest BCUT2D eigenvalue weighted by molar-refractivity contribution is 7.89. The summed E-state index contributed by atoms with van der Waals surface area (Å²) >= 11 is 0. The SMILES string of the molecule is C=CCC(c1ccccc1)N(C/C=N/O)S(=O)(=O)c1ccc(C)cc1. The highest BCUT2D eigenvalue weighted by Crippen LogP contribution is 2.30. The van der Waals surface area contributed by atoms with Gasteiger partial charge in [0.25, 0.3) is 0 Å². The van der Waals surface area contributed by atoms with E-state index in [1.54, 1.807) is 30.3 Å². The smallest absolute Gasteiger partial charge is 0.243 e. The van der Waals surface area contributed by atoms with Crippen LogP contribution in [-0.2, 0) is 10.0 Å². The van der Waals surface area contributed by atoms with Crippen molar-refractivity contribution >= 4 is 16.2 Å². The molecule has 5 nitrogen and oxygen atoms in total. The van der Waals surface area contributed by atoms with Gasteiger partial charge in [0, 0.05) is 0 Å². The maximum absolute atomic E-state index is 13.2. The summed E-state index contributed by atoms with van der Waals surface area (Å²) in [5.74, 6) is 0. The molecule has 0 amide bonds. The van der Waals surface area contributed by atoms with Crippen molar-refractivity contribution in [1.82, 2.24) is 4.31 Å². The second kappa shape index (κ2) is 8.60. The summed E-state index contributed by atoms with van der Waals surface area (Å²) < 4.78 is 27.7. The van der Waals surface area contributed by atoms with Crippen molar-refractivity contribution in [1.29, 1.82) is 0 Å². The molecule has 1 atom stereocenters. The second-order valence-corrected chi connectivity index (χ2v) is 7.53. The summed E-state index contributed by atoms with van der Waals surface area (Å²) in [6.45, 7) is 5.61. The van der Waals surface area contributed by atoms with Crippen molar-refractivity contribution in [2.45, 2.75) is 24.3 Å². The van der Waals surface area contributed by atoms with Crippen LogP contribution in [-0.4, -0.2) is 30.7 Å². The molecule has 0 spiro atoms. The normalized spacial score (nSPS) is 13.2. The van der Waals surface area contributed by atoms with Crippen LogP contribution in [0.4, 0.5) is 0 Å². The van der Waals surface area contributed by atoms with Gasteiger partial charge in [0.2, 0.25) is 10.0 Å². The Labute approximate surface area is 149 Å². The van der Waals surface area contributed by atoms with Crippen molar-refractivity contribution in [3.05, 3.63) is 78.4 Å². The Bertz CT molecular complexity index is 816. The quantitative estimate of drug-likeness (QED) is 0.338. The van der Waals surface area contributed by atoms with Crippen molar-refractivity contribution in [2.75, 3.05) is 6.54 Å². The minimum absolute atomic E-state index is 0.0416. The van der Waals surface area contributed by atoms with Gasteiger partial charge in [-0.25, -0.2) is 8.42 Å². The number of hydrogen-bond acceptors (Lipinski definition) is 4. The van der Waals surface area contributed by atoms with Crippen LogP contribution in [0.15, 0.2) is 77.3 Å². The van der Waals surface area contributed by atoms with Crippen molar-refractivity contribution in [3.63, 3.8) is 0 Å². The van der Waals surface area contributed by atoms with Gasteiger partial charge < -0.3 is 5.21 Å². The van der Waals surface area contributed by atoms with E-state index in [-0.39, 0.29) is 11.4 Å². The van der Waals surface area contributed by atoms with Crippen LogP contribution >= 0.6 is 0 Å². The maximum Gasteiger partial charge on any atom is 0.243 e. The molecule has 6 heteroatoms. The first-order valence-corrected chi connectivity index (χ1v) is 9.35. The first kappa shape index (κ1) is 18.9. The number of rotatable bonds is 8. The van der Waals surface area contributed by atoms with Crippen LogP contribution < -0.4 is 0 Å². The lowest BCUT2D eigenvalue weighted by molar-refractivity contribution is 0.314. The Morgan fingerprint density at radius 3 is 2.36 bits per heavy atom. The van der Waals surface area contributed by atoms with Gasteiger partial charge in [0.15, 0.2) is 0 Å². The number of benzene rings is 2. The molecule has 0 heterocycles. The standard InChI is InChI=1S/C19H22N2O3S/c1-3-7-19(17-8-5-4-6-9-17)21(15-14-20-22)25(23,24)18-12-10-16(2)11-13-18/h3-6,8-14,19,22H,1,7,15H2,2H3/b20-14+. The average molecular weight is 358 g/mol. The van der Waals surface area contributed by atoms with Gasteiger partial charge >= 0.3 is 0 Å². The van der Waals surface area contributed by atoms with Crippen molar-refractivity contribution in [3.8, 4) is 0 Å². The first-order valence-electron chi connectivity index (χ1n) is 7.91. The van der Waals surface area contributed by atoms with Gasteiger partial charge in [-0.3, -0.25) is 0 Å². The lowest BCUT2D eigenvalue weighted by Crippen LogP contribution is -2.36. The molecule has 2 rings (SSSR count). The molecular formula is C19H22N2O3S. The molecule has 25 heavy (non-hydrogen) atoms. The van der Waals surface area contributed by atoms with Crippen molar-refractivity contribution in [2.24, 2.45) is 5.16 Å². The topological polar surface area (TPSA) is 70.0 Å². The molecule has 2 aromatic carbocycles. The molecule has 0 fully saturated rings. The molecule has 0 radical (unpaired) electrons. The van der Waals surface area contributed by atoms with Crippen LogP contribution in [0, 0.1) is 6.92 Å². The fraction of sp³-hybridized carbons (Fsp3) is 0.211. The Hall–Kier alpha value is -2.44. The number of oxime groups is 1. The van der Waals surface area contributed by atoms with Crippen LogP contribution in [0.1, 0.15) is 23.6 Å². The lowest BCUT2D eigenvalue weighted by Gasteiger charge is -2.29. The predicted molar refractivity (Wildman–Crippen MR) is 99.3 cm³/mol. The summed E-state index contributed by atoms with van der Waals surface area (Å²) in [6, 6.07) is 15.6. The molecule has 1 N–H and O–H groups in total. The molecule has 0 aliphatic carbocycles. The van der Waals surface area contributed by atoms with Gasteiger partial charge in [-0.05, 0) is 31.0 Å². The molecule has 1 unspecified atom stereocenters. The number of nitrogens with zero attached hydrogens (tertiary/aromatic N) is 2. The van der Waals surface area contributed by atoms with Gasteiger partial charge in [0.1, 0.15) is 0 Å². The molecule has 0 saturated carbocycles. The van der Waals surface area contributed by atoms with Gasteiger partial charge in [0.05, 0.1) is 23.7 Å². The molecule has 0 aromatic heterocycles. The maximum atomic E-state index is 13.2. The van der Waals surface area contributed by atoms with E-state index in [0.717, 1.165) is 11.1 Å². The number of aryl methyl sites for hydroxylation is 1. The molecular weight excluding hydrogens is 336 g/mol. The third-order valence-electron chi connectivity index (χ3n) is 3.89. The molecule has 0 saturated heterocycles. The zero-order valence-corrected chi connectivity index (χ0v) is 14.9. The minimum Gasteiger partial charge on any atom is -0.411 e. The van der Waals surface area contributed by atoms with Crippen LogP contribution in [0.25, 0.3) is 0 Å². The first-order chi connectivity index (χ1) is 12.0. The molecule has 0 aliphatic heterocycles. The lowest BCUT2D eigenvalue weighted by atomic mass is 10.0. The second-order valence-electron chi connectivity index (χ2n) is 5.64. The Morgan fingerprint density at radius 1 is 1.16 bits per heavy atom. The molecule has 0 bridgehead atoms. The Kier molecular flexibility index (Phi) is 6.50. The molecule has 132 valence electrons. The van der Waals surface area contributed by atoms with Crippen molar-refractivity contribution < 1.29 is 13.6 Å². The average Bonchev–Trinajstić information content (AvgIpc) is 2.62. The highest BCUT2D eigenvalue weighted by atomic mass is 32.2. The van der Waals surface area contributed by atoms with Gasteiger partial charge in [-0.15, -0.1) is 11.7 Å². The summed E-state index contributed by atoms with van der Waals surface area (Å²) in [5.41, 5.74) is 1.83. The van der Waals surface area contributed by atoms with Crippen LogP contribution in [0.5, 0.6) is 0 Å². The van der Waals surface area contributed by atoms with E-state index < -0.39 is 16.1 Å². The van der Waals surface area contributed by atoms with Crippen LogP contribution in [0.3, 0.4) is 0 Å². The van der Waals surface area contributed by atoms with Crippen LogP contribution in [0.2, 0.25) is 0 Å². The molecule has 2 aromatic rings. The van der Waals surface area contributed by atoms with E-state index in [1.807, 2.05) is 37.3 Å². The number of hydrogen-bond donors (Lipinski definition) is 1. The van der Waals surface area contributed by atoms with Gasteiger partial charge in [-0.1, -0.05) is 54.1 Å². The van der Waals surface area contributed by atoms with E-state index in [1.165, 1.54) is 10.5 Å². The zero-order chi connectivity index (χ0) is 18.3. The van der Waals surface area contributed by atoms with E-state index in [2.05, 4.69) is 11.7 Å². The fourth-order valence-corrected chi connectivity index (χ4v) is 4.17. The minimum atomic E-state index is -3.78. The Balaban J connectivity index is 2.52. The number of sulfonamides is 1.